The Morgan fingerprint density at radius 2 is 1.97 bits per heavy atom. The fourth-order valence-electron chi connectivity index (χ4n) is 3.43. The lowest BCUT2D eigenvalue weighted by molar-refractivity contribution is -0.142. The van der Waals surface area contributed by atoms with E-state index in [0.717, 1.165) is 5.56 Å². The van der Waals surface area contributed by atoms with Gasteiger partial charge in [-0.15, -0.1) is 0 Å². The van der Waals surface area contributed by atoms with Crippen molar-refractivity contribution in [1.29, 1.82) is 5.26 Å². The molecule has 0 saturated carbocycles. The number of imidazole rings is 1. The van der Waals surface area contributed by atoms with Crippen molar-refractivity contribution in [3.05, 3.63) is 48.0 Å². The smallest absolute Gasteiger partial charge is 0.323 e. The third kappa shape index (κ3) is 6.41. The summed E-state index contributed by atoms with van der Waals surface area (Å²) in [5.41, 5.74) is 6.68. The summed E-state index contributed by atoms with van der Waals surface area (Å²) in [6.45, 7) is 6.81. The van der Waals surface area contributed by atoms with E-state index in [1.54, 1.807) is 49.0 Å². The zero-order valence-corrected chi connectivity index (χ0v) is 20.9. The standard InChI is InChI=1S/C22H29N8O4P/c1-14(10-30-12-27-18-19(24)25-11-26-20(18)30)34-13-35(33,29-22(3,4)21(31)32)28-15(2)17-7-5-16(9-23)6-8-17/h5-8,11-12,14-15H,10,13H2,1-4H3,(H,31,32)(H2,24,25,26)(H2,28,29,33)/t14?,15-,35?/m1/s1. The van der Waals surface area contributed by atoms with Gasteiger partial charge < -0.3 is 20.1 Å². The van der Waals surface area contributed by atoms with Crippen LogP contribution in [0, 0.1) is 11.3 Å². The number of nitrogen functional groups attached to an aromatic ring is 1. The van der Waals surface area contributed by atoms with Gasteiger partial charge in [0, 0.05) is 6.04 Å². The third-order valence-corrected chi connectivity index (χ3v) is 7.60. The summed E-state index contributed by atoms with van der Waals surface area (Å²) in [5.74, 6) is -0.881. The van der Waals surface area contributed by atoms with Gasteiger partial charge in [-0.1, -0.05) is 12.1 Å². The first-order valence-electron chi connectivity index (χ1n) is 10.9. The summed E-state index contributed by atoms with van der Waals surface area (Å²) in [7, 11) is -3.57. The fourth-order valence-corrected chi connectivity index (χ4v) is 5.87. The van der Waals surface area contributed by atoms with Crippen molar-refractivity contribution in [2.45, 2.75) is 51.9 Å². The van der Waals surface area contributed by atoms with Crippen LogP contribution in [0.2, 0.25) is 0 Å². The molecule has 3 aromatic rings. The van der Waals surface area contributed by atoms with Gasteiger partial charge >= 0.3 is 5.97 Å². The van der Waals surface area contributed by atoms with E-state index in [0.29, 0.717) is 23.3 Å². The monoisotopic (exact) mass is 500 g/mol. The largest absolute Gasteiger partial charge is 0.480 e. The van der Waals surface area contributed by atoms with Gasteiger partial charge in [-0.2, -0.15) is 5.26 Å². The quantitative estimate of drug-likeness (QED) is 0.284. The van der Waals surface area contributed by atoms with E-state index >= 15 is 0 Å². The molecule has 3 atom stereocenters. The molecule has 0 aliphatic carbocycles. The summed E-state index contributed by atoms with van der Waals surface area (Å²) < 4.78 is 21.6. The minimum atomic E-state index is -3.57. The fraction of sp³-hybridized carbons (Fsp3) is 0.409. The molecule has 0 aliphatic heterocycles. The van der Waals surface area contributed by atoms with Gasteiger partial charge in [-0.25, -0.2) is 25.1 Å². The predicted octanol–water partition coefficient (Wildman–Crippen LogP) is 2.64. The third-order valence-electron chi connectivity index (χ3n) is 5.36. The average molecular weight is 501 g/mol. The predicted molar refractivity (Wildman–Crippen MR) is 130 cm³/mol. The van der Waals surface area contributed by atoms with Crippen LogP contribution in [0.15, 0.2) is 36.9 Å². The molecule has 0 radical (unpaired) electrons. The van der Waals surface area contributed by atoms with Gasteiger partial charge in [0.05, 0.1) is 30.6 Å². The van der Waals surface area contributed by atoms with Gasteiger partial charge in [-0.3, -0.25) is 9.36 Å². The van der Waals surface area contributed by atoms with E-state index in [1.807, 2.05) is 0 Å². The Morgan fingerprint density at radius 3 is 2.60 bits per heavy atom. The molecule has 12 nitrogen and oxygen atoms in total. The Kier molecular flexibility index (Phi) is 7.87. The minimum absolute atomic E-state index is 0.269. The number of hydrogen-bond donors (Lipinski definition) is 4. The van der Waals surface area contributed by atoms with Crippen LogP contribution in [0.25, 0.3) is 11.2 Å². The molecule has 0 saturated heterocycles. The molecule has 35 heavy (non-hydrogen) atoms. The number of rotatable bonds is 11. The van der Waals surface area contributed by atoms with Gasteiger partial charge in [-0.05, 0) is 45.4 Å². The van der Waals surface area contributed by atoms with E-state index in [1.165, 1.54) is 20.2 Å². The second kappa shape index (κ2) is 10.5. The number of carboxylic acids is 1. The Hall–Kier alpha value is -3.36. The topological polar surface area (TPSA) is 181 Å². The van der Waals surface area contributed by atoms with E-state index in [-0.39, 0.29) is 12.2 Å². The lowest BCUT2D eigenvalue weighted by Gasteiger charge is -2.32. The highest BCUT2D eigenvalue weighted by Crippen LogP contribution is 2.42. The maximum absolute atomic E-state index is 13.9. The van der Waals surface area contributed by atoms with E-state index in [9.17, 15) is 14.5 Å². The molecule has 0 spiro atoms. The lowest BCUT2D eigenvalue weighted by atomic mass is 10.1. The maximum atomic E-state index is 13.9. The Balaban J connectivity index is 1.75. The molecule has 0 bridgehead atoms. The van der Waals surface area contributed by atoms with Crippen molar-refractivity contribution in [2.75, 3.05) is 12.1 Å². The Bertz CT molecular complexity index is 1280. The van der Waals surface area contributed by atoms with Crippen LogP contribution in [0.5, 0.6) is 0 Å². The van der Waals surface area contributed by atoms with Gasteiger partial charge in [0.1, 0.15) is 23.7 Å². The molecule has 0 fully saturated rings. The summed E-state index contributed by atoms with van der Waals surface area (Å²) in [5, 5.41) is 24.4. The molecular weight excluding hydrogens is 471 g/mol. The number of nitrogens with zero attached hydrogens (tertiary/aromatic N) is 5. The van der Waals surface area contributed by atoms with E-state index in [2.05, 4.69) is 31.2 Å². The van der Waals surface area contributed by atoms with Crippen molar-refractivity contribution in [2.24, 2.45) is 0 Å². The molecule has 0 aliphatic rings. The van der Waals surface area contributed by atoms with Crippen molar-refractivity contribution in [3.63, 3.8) is 0 Å². The van der Waals surface area contributed by atoms with Crippen LogP contribution in [0.3, 0.4) is 0 Å². The molecule has 1 aromatic carbocycles. The SMILES string of the molecule is CC(Cn1cnc2c(N)ncnc21)OCP(=O)(N[C@H](C)c1ccc(C#N)cc1)NC(C)(C)C(=O)O. The summed E-state index contributed by atoms with van der Waals surface area (Å²) in [4.78, 5) is 24.1. The number of carboxylic acid groups (broad SMARTS) is 1. The number of hydrogen-bond acceptors (Lipinski definition) is 8. The number of benzene rings is 1. The van der Waals surface area contributed by atoms with Gasteiger partial charge in [0.15, 0.2) is 11.5 Å². The van der Waals surface area contributed by atoms with Gasteiger partial charge in [0.2, 0.25) is 7.44 Å². The molecule has 186 valence electrons. The molecule has 2 unspecified atom stereocenters. The van der Waals surface area contributed by atoms with Crippen LogP contribution in [0.1, 0.15) is 44.9 Å². The lowest BCUT2D eigenvalue weighted by Crippen LogP contribution is -2.47. The van der Waals surface area contributed by atoms with E-state index in [4.69, 9.17) is 15.7 Å². The van der Waals surface area contributed by atoms with Crippen molar-refractivity contribution in [1.82, 2.24) is 29.7 Å². The molecule has 3 rings (SSSR count). The second-order valence-corrected chi connectivity index (χ2v) is 11.0. The molecule has 2 heterocycles. The first-order valence-corrected chi connectivity index (χ1v) is 12.8. The number of anilines is 1. The molecule has 5 N–H and O–H groups in total. The highest BCUT2D eigenvalue weighted by Gasteiger charge is 2.37. The number of nitrogens with one attached hydrogen (secondary N) is 2. The van der Waals surface area contributed by atoms with Crippen LogP contribution >= 0.6 is 7.44 Å². The number of nitriles is 1. The zero-order valence-electron chi connectivity index (χ0n) is 20.0. The summed E-state index contributed by atoms with van der Waals surface area (Å²) in [6, 6.07) is 8.48. The number of carbonyl (C=O) groups is 1. The van der Waals surface area contributed by atoms with Gasteiger partial charge in [0.25, 0.3) is 0 Å². The number of aromatic nitrogens is 4. The zero-order chi connectivity index (χ0) is 25.8. The van der Waals surface area contributed by atoms with E-state index < -0.39 is 31.1 Å². The van der Waals surface area contributed by atoms with Crippen LogP contribution in [-0.4, -0.2) is 48.6 Å². The normalized spacial score (nSPS) is 15.3. The van der Waals surface area contributed by atoms with Crippen molar-refractivity contribution in [3.8, 4) is 6.07 Å². The molecular formula is C22H29N8O4P. The first kappa shape index (κ1) is 26.2. The minimum Gasteiger partial charge on any atom is -0.480 e. The summed E-state index contributed by atoms with van der Waals surface area (Å²) >= 11 is 0. The Morgan fingerprint density at radius 1 is 1.29 bits per heavy atom. The average Bonchev–Trinajstić information content (AvgIpc) is 3.21. The maximum Gasteiger partial charge on any atom is 0.323 e. The van der Waals surface area contributed by atoms with Crippen LogP contribution in [0.4, 0.5) is 5.82 Å². The highest BCUT2D eigenvalue weighted by atomic mass is 31.2. The number of ether oxygens (including phenoxy) is 1. The number of nitrogens with two attached hydrogens (primary N) is 1. The molecule has 0 amide bonds. The molecule has 13 heteroatoms. The number of fused-ring (bicyclic) bond motifs is 1. The van der Waals surface area contributed by atoms with Crippen molar-refractivity contribution < 1.29 is 19.2 Å². The molecule has 2 aromatic heterocycles. The van der Waals surface area contributed by atoms with Crippen LogP contribution in [-0.2, 0) is 20.6 Å². The Labute approximate surface area is 203 Å². The highest BCUT2D eigenvalue weighted by molar-refractivity contribution is 7.59. The number of aliphatic carboxylic acids is 1. The van der Waals surface area contributed by atoms with Crippen molar-refractivity contribution >= 4 is 30.4 Å². The first-order chi connectivity index (χ1) is 16.4. The summed E-state index contributed by atoms with van der Waals surface area (Å²) in [6.07, 6.45) is 2.24. The second-order valence-electron chi connectivity index (χ2n) is 8.80. The van der Waals surface area contributed by atoms with Crippen LogP contribution < -0.4 is 15.9 Å².